The Labute approximate surface area is 128 Å². The van der Waals surface area contributed by atoms with E-state index in [-0.39, 0.29) is 42.7 Å². The van der Waals surface area contributed by atoms with Crippen LogP contribution in [-0.4, -0.2) is 41.9 Å². The quantitative estimate of drug-likeness (QED) is 0.822. The maximum absolute atomic E-state index is 12.4. The lowest BCUT2D eigenvalue weighted by atomic mass is 9.74. The van der Waals surface area contributed by atoms with Crippen molar-refractivity contribution in [2.45, 2.75) is 58.0 Å². The molecule has 1 aliphatic rings. The molecular weight excluding hydrogens is 278 g/mol. The van der Waals surface area contributed by atoms with Gasteiger partial charge in [-0.1, -0.05) is 12.8 Å². The topological polar surface area (TPSA) is 75.4 Å². The second-order valence-electron chi connectivity index (χ2n) is 6.22. The Morgan fingerprint density at radius 2 is 2.00 bits per heavy atom. The van der Waals surface area contributed by atoms with Gasteiger partial charge in [-0.15, -0.1) is 12.4 Å². The molecule has 0 aromatic heterocycles. The summed E-state index contributed by atoms with van der Waals surface area (Å²) in [4.78, 5) is 25.6. The summed E-state index contributed by atoms with van der Waals surface area (Å²) < 4.78 is 0. The number of carbonyl (C=O) groups is 2. The molecule has 6 heteroatoms. The average molecular weight is 306 g/mol. The smallest absolute Gasteiger partial charge is 0.239 e. The van der Waals surface area contributed by atoms with Crippen LogP contribution in [0.2, 0.25) is 0 Å². The van der Waals surface area contributed by atoms with Gasteiger partial charge in [0, 0.05) is 18.6 Å². The minimum Gasteiger partial charge on any atom is -0.352 e. The van der Waals surface area contributed by atoms with E-state index in [4.69, 9.17) is 5.73 Å². The summed E-state index contributed by atoms with van der Waals surface area (Å²) in [5, 5.41) is 2.79. The van der Waals surface area contributed by atoms with Crippen molar-refractivity contribution in [1.82, 2.24) is 10.2 Å². The Morgan fingerprint density at radius 3 is 2.50 bits per heavy atom. The molecule has 0 bridgehead atoms. The molecule has 0 radical (unpaired) electrons. The average Bonchev–Trinajstić information content (AvgIpc) is 2.26. The zero-order valence-electron chi connectivity index (χ0n) is 12.9. The van der Waals surface area contributed by atoms with Crippen molar-refractivity contribution in [2.24, 2.45) is 11.7 Å². The third kappa shape index (κ3) is 5.29. The van der Waals surface area contributed by atoms with Gasteiger partial charge in [-0.3, -0.25) is 9.59 Å². The minimum absolute atomic E-state index is 0. The minimum atomic E-state index is -0.446. The van der Waals surface area contributed by atoms with Gasteiger partial charge in [0.25, 0.3) is 0 Å². The first-order valence-electron chi connectivity index (χ1n) is 7.07. The summed E-state index contributed by atoms with van der Waals surface area (Å²) in [5.74, 6) is -0.304. The number of halogens is 1. The number of nitrogens with one attached hydrogen (secondary N) is 1. The molecule has 0 spiro atoms. The fraction of sp³-hybridized carbons (Fsp3) is 0.857. The van der Waals surface area contributed by atoms with Crippen LogP contribution in [0.5, 0.6) is 0 Å². The Hall–Kier alpha value is -0.810. The number of hydrogen-bond acceptors (Lipinski definition) is 3. The van der Waals surface area contributed by atoms with E-state index < -0.39 is 5.54 Å². The number of likely N-dealkylation sites (N-methyl/N-ethyl adjacent to an activating group) is 1. The van der Waals surface area contributed by atoms with E-state index in [0.717, 1.165) is 25.7 Å². The summed E-state index contributed by atoms with van der Waals surface area (Å²) in [6.45, 7) is 5.84. The fourth-order valence-electron chi connectivity index (χ4n) is 2.69. The van der Waals surface area contributed by atoms with E-state index in [1.165, 1.54) is 4.90 Å². The van der Waals surface area contributed by atoms with Crippen molar-refractivity contribution < 1.29 is 9.59 Å². The lowest BCUT2D eigenvalue weighted by Crippen LogP contribution is -2.54. The number of rotatable bonds is 4. The summed E-state index contributed by atoms with van der Waals surface area (Å²) in [6.07, 6.45) is 3.81. The molecule has 118 valence electrons. The number of nitrogens with zero attached hydrogens (tertiary/aromatic N) is 1. The molecule has 1 aliphatic carbocycles. The Kier molecular flexibility index (Phi) is 7.52. The summed E-state index contributed by atoms with van der Waals surface area (Å²) in [5.41, 5.74) is 5.78. The number of amides is 2. The Morgan fingerprint density at radius 1 is 1.40 bits per heavy atom. The first kappa shape index (κ1) is 19.2. The molecule has 0 heterocycles. The summed E-state index contributed by atoms with van der Waals surface area (Å²) in [7, 11) is 1.67. The van der Waals surface area contributed by atoms with Crippen LogP contribution in [0, 0.1) is 5.92 Å². The van der Waals surface area contributed by atoms with Crippen LogP contribution in [0.1, 0.15) is 46.5 Å². The maximum Gasteiger partial charge on any atom is 0.239 e. The lowest BCUT2D eigenvalue weighted by Gasteiger charge is -2.39. The molecule has 1 saturated carbocycles. The molecule has 5 nitrogen and oxygen atoms in total. The molecule has 20 heavy (non-hydrogen) atoms. The van der Waals surface area contributed by atoms with Crippen LogP contribution in [0.15, 0.2) is 0 Å². The van der Waals surface area contributed by atoms with Crippen molar-refractivity contribution in [3.8, 4) is 0 Å². The molecular formula is C14H28ClN3O2. The molecule has 1 fully saturated rings. The molecule has 3 N–H and O–H groups in total. The van der Waals surface area contributed by atoms with E-state index in [9.17, 15) is 9.59 Å². The Bertz CT molecular complexity index is 345. The lowest BCUT2D eigenvalue weighted by molar-refractivity contribution is -0.141. The highest BCUT2D eigenvalue weighted by Crippen LogP contribution is 2.32. The first-order valence-corrected chi connectivity index (χ1v) is 7.07. The highest BCUT2D eigenvalue weighted by Gasteiger charge is 2.39. The normalized spacial score (nSPS) is 25.8. The van der Waals surface area contributed by atoms with Crippen molar-refractivity contribution in [1.29, 1.82) is 0 Å². The molecule has 2 atom stereocenters. The molecule has 0 aromatic rings. The van der Waals surface area contributed by atoms with E-state index in [1.807, 2.05) is 20.8 Å². The van der Waals surface area contributed by atoms with Crippen LogP contribution in [0.3, 0.4) is 0 Å². The third-order valence-electron chi connectivity index (χ3n) is 3.76. The fourth-order valence-corrected chi connectivity index (χ4v) is 2.69. The van der Waals surface area contributed by atoms with E-state index in [1.54, 1.807) is 7.05 Å². The van der Waals surface area contributed by atoms with Gasteiger partial charge >= 0.3 is 0 Å². The van der Waals surface area contributed by atoms with Gasteiger partial charge in [0.1, 0.15) is 0 Å². The molecule has 1 rings (SSSR count). The number of carbonyl (C=O) groups excluding carboxylic acids is 2. The van der Waals surface area contributed by atoms with Gasteiger partial charge in [0.2, 0.25) is 11.8 Å². The van der Waals surface area contributed by atoms with Crippen molar-refractivity contribution >= 4 is 24.2 Å². The van der Waals surface area contributed by atoms with E-state index in [2.05, 4.69) is 5.32 Å². The third-order valence-corrected chi connectivity index (χ3v) is 3.76. The van der Waals surface area contributed by atoms with Crippen LogP contribution in [0.25, 0.3) is 0 Å². The number of nitrogens with two attached hydrogens (primary N) is 1. The molecule has 0 aromatic carbocycles. The van der Waals surface area contributed by atoms with Crippen LogP contribution in [-0.2, 0) is 9.59 Å². The highest BCUT2D eigenvalue weighted by atomic mass is 35.5. The zero-order valence-corrected chi connectivity index (χ0v) is 13.8. The molecule has 2 unspecified atom stereocenters. The predicted molar refractivity (Wildman–Crippen MR) is 82.7 cm³/mol. The maximum atomic E-state index is 12.4. The van der Waals surface area contributed by atoms with Gasteiger partial charge in [-0.05, 0) is 33.6 Å². The van der Waals surface area contributed by atoms with Gasteiger partial charge in [0.05, 0.1) is 12.5 Å². The van der Waals surface area contributed by atoms with Gasteiger partial charge in [-0.2, -0.15) is 0 Å². The number of hydrogen-bond donors (Lipinski definition) is 2. The van der Waals surface area contributed by atoms with Crippen LogP contribution < -0.4 is 11.1 Å². The van der Waals surface area contributed by atoms with Crippen molar-refractivity contribution in [3.63, 3.8) is 0 Å². The van der Waals surface area contributed by atoms with Crippen molar-refractivity contribution in [2.75, 3.05) is 13.6 Å². The molecule has 0 aliphatic heterocycles. The highest BCUT2D eigenvalue weighted by molar-refractivity contribution is 5.86. The summed E-state index contributed by atoms with van der Waals surface area (Å²) in [6, 6.07) is 0.0884. The van der Waals surface area contributed by atoms with E-state index >= 15 is 0 Å². The largest absolute Gasteiger partial charge is 0.352 e. The summed E-state index contributed by atoms with van der Waals surface area (Å²) >= 11 is 0. The van der Waals surface area contributed by atoms with E-state index in [0.29, 0.717) is 0 Å². The van der Waals surface area contributed by atoms with Crippen molar-refractivity contribution in [3.05, 3.63) is 0 Å². The molecule has 0 saturated heterocycles. The van der Waals surface area contributed by atoms with Gasteiger partial charge in [0.15, 0.2) is 0 Å². The van der Waals surface area contributed by atoms with Gasteiger partial charge in [-0.25, -0.2) is 0 Å². The second kappa shape index (κ2) is 7.84. The zero-order chi connectivity index (χ0) is 14.6. The predicted octanol–water partition coefficient (Wildman–Crippen LogP) is 1.30. The van der Waals surface area contributed by atoms with Crippen LogP contribution >= 0.6 is 12.4 Å². The SMILES string of the molecule is CC(C)NC(=O)CN(C)C(=O)C1CCCCC1(C)N.Cl. The monoisotopic (exact) mass is 305 g/mol. The standard InChI is InChI=1S/C14H27N3O2.ClH/c1-10(2)16-12(18)9-17(4)13(19)11-7-5-6-8-14(11,3)15;/h10-11H,5-9,15H2,1-4H3,(H,16,18);1H. The van der Waals surface area contributed by atoms with Gasteiger partial charge < -0.3 is 16.0 Å². The Balaban J connectivity index is 0.00000361. The second-order valence-corrected chi connectivity index (χ2v) is 6.22. The first-order chi connectivity index (χ1) is 8.74. The van der Waals surface area contributed by atoms with Crippen LogP contribution in [0.4, 0.5) is 0 Å². The molecule has 2 amide bonds.